The molecule has 7 nitrogen and oxygen atoms in total. The molecule has 1 aliphatic heterocycles. The van der Waals surface area contributed by atoms with Gasteiger partial charge in [-0.3, -0.25) is 0 Å². The second-order valence-electron chi connectivity index (χ2n) is 12.3. The lowest BCUT2D eigenvalue weighted by molar-refractivity contribution is -0.157. The van der Waals surface area contributed by atoms with E-state index < -0.39 is 23.7 Å². The predicted octanol–water partition coefficient (Wildman–Crippen LogP) is 8.79. The summed E-state index contributed by atoms with van der Waals surface area (Å²) in [6.45, 7) is 7.13. The standard InChI is InChI=1S/C35H57NO6/c1-35(2,3)42-33(37)31(36-34(38)41-29-30-23-19-18-20-24-30)25-21-16-14-12-10-8-6-4-5-7-9-11-13-15-17-22-26-32-39-27-28-40-32/h16,18-21,23-24,31-32H,4-15,17,22,25-29H2,1-3H3,(H,36,38)/b21-16+/t31-/m0/s1. The highest BCUT2D eigenvalue weighted by Crippen LogP contribution is 2.16. The van der Waals surface area contributed by atoms with Crippen LogP contribution in [0.25, 0.3) is 0 Å². The van der Waals surface area contributed by atoms with Crippen molar-refractivity contribution in [2.24, 2.45) is 0 Å². The highest BCUT2D eigenvalue weighted by molar-refractivity contribution is 5.81. The van der Waals surface area contributed by atoms with E-state index in [4.69, 9.17) is 18.9 Å². The van der Waals surface area contributed by atoms with Gasteiger partial charge in [0.2, 0.25) is 0 Å². The molecule has 0 unspecified atom stereocenters. The Kier molecular flexibility index (Phi) is 18.9. The number of alkyl carbamates (subject to hydrolysis) is 1. The maximum absolute atomic E-state index is 12.7. The third-order valence-electron chi connectivity index (χ3n) is 7.24. The maximum Gasteiger partial charge on any atom is 0.408 e. The number of hydrogen-bond donors (Lipinski definition) is 1. The van der Waals surface area contributed by atoms with Gasteiger partial charge in [0.05, 0.1) is 13.2 Å². The van der Waals surface area contributed by atoms with Gasteiger partial charge in [-0.2, -0.15) is 0 Å². The lowest BCUT2D eigenvalue weighted by Crippen LogP contribution is -2.44. The van der Waals surface area contributed by atoms with Crippen molar-refractivity contribution in [1.82, 2.24) is 5.32 Å². The molecule has 7 heteroatoms. The summed E-state index contributed by atoms with van der Waals surface area (Å²) >= 11 is 0. The first-order valence-corrected chi connectivity index (χ1v) is 16.4. The van der Waals surface area contributed by atoms with Crippen LogP contribution < -0.4 is 5.32 Å². The van der Waals surface area contributed by atoms with Crippen LogP contribution in [0.1, 0.15) is 129 Å². The van der Waals surface area contributed by atoms with Crippen LogP contribution in [0.4, 0.5) is 4.79 Å². The Balaban J connectivity index is 1.47. The lowest BCUT2D eigenvalue weighted by Gasteiger charge is -2.24. The number of benzene rings is 1. The first-order valence-electron chi connectivity index (χ1n) is 16.4. The van der Waals surface area contributed by atoms with E-state index in [1.807, 2.05) is 57.2 Å². The minimum atomic E-state index is -0.782. The van der Waals surface area contributed by atoms with E-state index in [-0.39, 0.29) is 12.9 Å². The van der Waals surface area contributed by atoms with Gasteiger partial charge in [-0.25, -0.2) is 9.59 Å². The van der Waals surface area contributed by atoms with Crippen molar-refractivity contribution < 1.29 is 28.5 Å². The second kappa shape index (κ2) is 22.2. The number of ether oxygens (including phenoxy) is 4. The van der Waals surface area contributed by atoms with Crippen LogP contribution >= 0.6 is 0 Å². The van der Waals surface area contributed by atoms with Crippen molar-refractivity contribution in [2.45, 2.75) is 148 Å². The van der Waals surface area contributed by atoms with E-state index in [1.54, 1.807) is 0 Å². The predicted molar refractivity (Wildman–Crippen MR) is 168 cm³/mol. The fraction of sp³-hybridized carbons (Fsp3) is 0.714. The highest BCUT2D eigenvalue weighted by Gasteiger charge is 2.26. The number of amides is 1. The fourth-order valence-corrected chi connectivity index (χ4v) is 4.94. The molecule has 2 rings (SSSR count). The average Bonchev–Trinajstić information content (AvgIpc) is 3.48. The van der Waals surface area contributed by atoms with Crippen molar-refractivity contribution in [3.8, 4) is 0 Å². The highest BCUT2D eigenvalue weighted by atomic mass is 16.7. The van der Waals surface area contributed by atoms with Gasteiger partial charge in [-0.05, 0) is 58.4 Å². The Labute approximate surface area is 255 Å². The normalized spacial score (nSPS) is 14.7. The maximum atomic E-state index is 12.7. The Bertz CT molecular complexity index is 860. The Morgan fingerprint density at radius 3 is 1.95 bits per heavy atom. The van der Waals surface area contributed by atoms with Crippen molar-refractivity contribution in [3.05, 3.63) is 48.0 Å². The third-order valence-corrected chi connectivity index (χ3v) is 7.24. The molecule has 1 amide bonds. The van der Waals surface area contributed by atoms with E-state index in [0.29, 0.717) is 6.42 Å². The van der Waals surface area contributed by atoms with Gasteiger partial charge in [0.15, 0.2) is 6.29 Å². The van der Waals surface area contributed by atoms with Gasteiger partial charge >= 0.3 is 12.1 Å². The minimum Gasteiger partial charge on any atom is -0.458 e. The van der Waals surface area contributed by atoms with Crippen molar-refractivity contribution in [1.29, 1.82) is 0 Å². The SMILES string of the molecule is CC(C)(C)OC(=O)[C@H](C/C=C/CCCCCCCCCCCCCCCC1OCCO1)NC(=O)OCc1ccccc1. The van der Waals surface area contributed by atoms with Gasteiger partial charge in [-0.15, -0.1) is 0 Å². The van der Waals surface area contributed by atoms with Gasteiger partial charge in [0, 0.05) is 0 Å². The molecule has 1 atom stereocenters. The molecule has 0 aromatic heterocycles. The summed E-state index contributed by atoms with van der Waals surface area (Å²) in [5, 5.41) is 2.68. The summed E-state index contributed by atoms with van der Waals surface area (Å²) in [6.07, 6.45) is 22.8. The number of esters is 1. The third kappa shape index (κ3) is 18.9. The largest absolute Gasteiger partial charge is 0.458 e. The Hall–Kier alpha value is -2.38. The van der Waals surface area contributed by atoms with E-state index in [0.717, 1.165) is 38.0 Å². The molecule has 1 aliphatic rings. The monoisotopic (exact) mass is 587 g/mol. The fourth-order valence-electron chi connectivity index (χ4n) is 4.94. The van der Waals surface area contributed by atoms with Crippen LogP contribution in [-0.4, -0.2) is 43.2 Å². The summed E-state index contributed by atoms with van der Waals surface area (Å²) in [5.74, 6) is -0.454. The summed E-state index contributed by atoms with van der Waals surface area (Å²) in [5.41, 5.74) is 0.260. The van der Waals surface area contributed by atoms with Crippen LogP contribution in [0.15, 0.2) is 42.5 Å². The van der Waals surface area contributed by atoms with E-state index in [9.17, 15) is 9.59 Å². The lowest BCUT2D eigenvalue weighted by atomic mass is 10.0. The first-order chi connectivity index (χ1) is 20.3. The van der Waals surface area contributed by atoms with Gasteiger partial charge in [-0.1, -0.05) is 113 Å². The molecule has 42 heavy (non-hydrogen) atoms. The summed E-state index contributed by atoms with van der Waals surface area (Å²) < 4.78 is 21.8. The van der Waals surface area contributed by atoms with Crippen molar-refractivity contribution in [3.63, 3.8) is 0 Å². The number of unbranched alkanes of at least 4 members (excludes halogenated alkanes) is 13. The summed E-state index contributed by atoms with van der Waals surface area (Å²) in [4.78, 5) is 25.0. The number of hydrogen-bond acceptors (Lipinski definition) is 6. The van der Waals surface area contributed by atoms with Crippen molar-refractivity contribution >= 4 is 12.1 Å². The molecule has 1 heterocycles. The summed E-state index contributed by atoms with van der Waals surface area (Å²) in [7, 11) is 0. The number of carbonyl (C=O) groups excluding carboxylic acids is 2. The molecular weight excluding hydrogens is 530 g/mol. The smallest absolute Gasteiger partial charge is 0.408 e. The van der Waals surface area contributed by atoms with Crippen LogP contribution in [-0.2, 0) is 30.3 Å². The minimum absolute atomic E-state index is 0.0669. The second-order valence-corrected chi connectivity index (χ2v) is 12.3. The molecule has 0 saturated carbocycles. The zero-order valence-electron chi connectivity index (χ0n) is 26.6. The molecule has 1 aromatic rings. The molecular formula is C35H57NO6. The zero-order valence-corrected chi connectivity index (χ0v) is 26.6. The van der Waals surface area contributed by atoms with Crippen LogP contribution in [0.5, 0.6) is 0 Å². The van der Waals surface area contributed by atoms with E-state index in [2.05, 4.69) is 11.4 Å². The molecule has 1 saturated heterocycles. The molecule has 0 aliphatic carbocycles. The van der Waals surface area contributed by atoms with Crippen LogP contribution in [0.3, 0.4) is 0 Å². The molecule has 0 bridgehead atoms. The average molecular weight is 588 g/mol. The molecule has 238 valence electrons. The number of rotatable bonds is 22. The summed E-state index contributed by atoms with van der Waals surface area (Å²) in [6, 6.07) is 8.68. The van der Waals surface area contributed by atoms with Gasteiger partial charge in [0.1, 0.15) is 18.2 Å². The zero-order chi connectivity index (χ0) is 30.3. The van der Waals surface area contributed by atoms with Gasteiger partial charge in [0.25, 0.3) is 0 Å². The molecule has 0 spiro atoms. The number of nitrogens with one attached hydrogen (secondary N) is 1. The van der Waals surface area contributed by atoms with E-state index >= 15 is 0 Å². The van der Waals surface area contributed by atoms with Crippen LogP contribution in [0.2, 0.25) is 0 Å². The molecule has 1 N–H and O–H groups in total. The van der Waals surface area contributed by atoms with Crippen LogP contribution in [0, 0.1) is 0 Å². The van der Waals surface area contributed by atoms with E-state index in [1.165, 1.54) is 77.0 Å². The number of carbonyl (C=O) groups is 2. The Morgan fingerprint density at radius 1 is 0.833 bits per heavy atom. The quantitative estimate of drug-likeness (QED) is 0.0829. The van der Waals surface area contributed by atoms with Gasteiger partial charge < -0.3 is 24.3 Å². The molecule has 1 fully saturated rings. The number of allylic oxidation sites excluding steroid dienone is 1. The molecule has 1 aromatic carbocycles. The first kappa shape index (κ1) is 35.8. The molecule has 0 radical (unpaired) electrons. The Morgan fingerprint density at radius 2 is 1.38 bits per heavy atom. The topological polar surface area (TPSA) is 83.1 Å². The van der Waals surface area contributed by atoms with Crippen molar-refractivity contribution in [2.75, 3.05) is 13.2 Å².